The van der Waals surface area contributed by atoms with Gasteiger partial charge in [-0.25, -0.2) is 0 Å². The van der Waals surface area contributed by atoms with Gasteiger partial charge in [0.05, 0.1) is 7.11 Å². The molecule has 2 aromatic rings. The lowest BCUT2D eigenvalue weighted by molar-refractivity contribution is -0.132. The summed E-state index contributed by atoms with van der Waals surface area (Å²) >= 11 is 0. The van der Waals surface area contributed by atoms with Gasteiger partial charge in [0.2, 0.25) is 0 Å². The molecule has 2 rings (SSSR count). The van der Waals surface area contributed by atoms with E-state index >= 15 is 0 Å². The Bertz CT molecular complexity index is 668. The van der Waals surface area contributed by atoms with Crippen LogP contribution in [0, 0.1) is 6.92 Å². The van der Waals surface area contributed by atoms with Crippen LogP contribution in [0.25, 0.3) is 0 Å². The van der Waals surface area contributed by atoms with E-state index in [1.807, 2.05) is 19.1 Å². The number of anilines is 2. The molecule has 0 saturated carbocycles. The lowest BCUT2D eigenvalue weighted by atomic mass is 10.2. The van der Waals surface area contributed by atoms with Crippen molar-refractivity contribution in [3.05, 3.63) is 54.1 Å². The zero-order valence-electron chi connectivity index (χ0n) is 11.8. The van der Waals surface area contributed by atoms with Gasteiger partial charge < -0.3 is 15.4 Å². The lowest BCUT2D eigenvalue weighted by Crippen LogP contribution is -2.29. The Morgan fingerprint density at radius 2 is 1.48 bits per heavy atom. The van der Waals surface area contributed by atoms with Crippen molar-refractivity contribution in [1.29, 1.82) is 0 Å². The second-order valence-corrected chi connectivity index (χ2v) is 4.51. The maximum absolute atomic E-state index is 11.8. The van der Waals surface area contributed by atoms with Gasteiger partial charge in [0.25, 0.3) is 0 Å². The third-order valence-corrected chi connectivity index (χ3v) is 2.81. The Labute approximate surface area is 122 Å². The fourth-order valence-corrected chi connectivity index (χ4v) is 1.80. The molecule has 2 N–H and O–H groups in total. The van der Waals surface area contributed by atoms with Crippen LogP contribution in [0.15, 0.2) is 48.5 Å². The number of aryl methyl sites for hydroxylation is 1. The molecule has 108 valence electrons. The summed E-state index contributed by atoms with van der Waals surface area (Å²) in [4.78, 5) is 23.7. The van der Waals surface area contributed by atoms with Crippen LogP contribution in [0.3, 0.4) is 0 Å². The summed E-state index contributed by atoms with van der Waals surface area (Å²) in [7, 11) is 1.53. The highest BCUT2D eigenvalue weighted by atomic mass is 16.5. The van der Waals surface area contributed by atoms with Crippen LogP contribution in [0.2, 0.25) is 0 Å². The standard InChI is InChI=1S/C16H16N2O3/c1-11-5-3-6-12(9-11)17-15(19)16(20)18-13-7-4-8-14(10-13)21-2/h3-10H,1-2H3,(H,17,19)(H,18,20). The predicted octanol–water partition coefficient (Wildman–Crippen LogP) is 2.58. The average Bonchev–Trinajstić information content (AvgIpc) is 2.47. The van der Waals surface area contributed by atoms with Gasteiger partial charge in [-0.1, -0.05) is 18.2 Å². The van der Waals surface area contributed by atoms with E-state index in [4.69, 9.17) is 4.74 Å². The van der Waals surface area contributed by atoms with Crippen molar-refractivity contribution in [1.82, 2.24) is 0 Å². The van der Waals surface area contributed by atoms with Gasteiger partial charge in [0.15, 0.2) is 0 Å². The Hall–Kier alpha value is -2.82. The lowest BCUT2D eigenvalue weighted by Gasteiger charge is -2.08. The SMILES string of the molecule is COc1cccc(NC(=O)C(=O)Nc2cccc(C)c2)c1. The van der Waals surface area contributed by atoms with Crippen molar-refractivity contribution in [2.75, 3.05) is 17.7 Å². The van der Waals surface area contributed by atoms with Crippen LogP contribution in [0.1, 0.15) is 5.56 Å². The zero-order valence-corrected chi connectivity index (χ0v) is 11.8. The maximum atomic E-state index is 11.8. The van der Waals surface area contributed by atoms with E-state index < -0.39 is 11.8 Å². The van der Waals surface area contributed by atoms with E-state index in [1.54, 1.807) is 36.4 Å². The molecular formula is C16H16N2O3. The third-order valence-electron chi connectivity index (χ3n) is 2.81. The van der Waals surface area contributed by atoms with Gasteiger partial charge in [-0.2, -0.15) is 0 Å². The molecule has 0 atom stereocenters. The van der Waals surface area contributed by atoms with Gasteiger partial charge in [-0.15, -0.1) is 0 Å². The minimum atomic E-state index is -0.732. The van der Waals surface area contributed by atoms with Crippen LogP contribution in [-0.2, 0) is 9.59 Å². The highest BCUT2D eigenvalue weighted by molar-refractivity contribution is 6.43. The van der Waals surface area contributed by atoms with Gasteiger partial charge in [0, 0.05) is 17.4 Å². The highest BCUT2D eigenvalue weighted by Crippen LogP contribution is 2.16. The Morgan fingerprint density at radius 3 is 2.05 bits per heavy atom. The van der Waals surface area contributed by atoms with Crippen molar-refractivity contribution < 1.29 is 14.3 Å². The van der Waals surface area contributed by atoms with Gasteiger partial charge in [-0.3, -0.25) is 9.59 Å². The summed E-state index contributed by atoms with van der Waals surface area (Å²) in [5, 5.41) is 5.07. The summed E-state index contributed by atoms with van der Waals surface area (Å²) in [6.07, 6.45) is 0. The average molecular weight is 284 g/mol. The van der Waals surface area contributed by atoms with E-state index in [9.17, 15) is 9.59 Å². The molecule has 0 aliphatic carbocycles. The number of benzene rings is 2. The van der Waals surface area contributed by atoms with Crippen molar-refractivity contribution in [2.24, 2.45) is 0 Å². The van der Waals surface area contributed by atoms with E-state index in [0.717, 1.165) is 5.56 Å². The number of amides is 2. The molecule has 5 heteroatoms. The number of ether oxygens (including phenoxy) is 1. The number of methoxy groups -OCH3 is 1. The Morgan fingerprint density at radius 1 is 0.905 bits per heavy atom. The van der Waals surface area contributed by atoms with Crippen molar-refractivity contribution in [3.63, 3.8) is 0 Å². The molecule has 0 bridgehead atoms. The number of hydrogen-bond donors (Lipinski definition) is 2. The van der Waals surface area contributed by atoms with Gasteiger partial charge >= 0.3 is 11.8 Å². The molecule has 2 aromatic carbocycles. The first-order chi connectivity index (χ1) is 10.1. The molecule has 0 radical (unpaired) electrons. The molecule has 0 unspecified atom stereocenters. The fraction of sp³-hybridized carbons (Fsp3) is 0.125. The molecule has 0 fully saturated rings. The summed E-state index contributed by atoms with van der Waals surface area (Å²) in [5.74, 6) is -0.847. The number of rotatable bonds is 3. The molecule has 0 spiro atoms. The van der Waals surface area contributed by atoms with E-state index in [1.165, 1.54) is 7.11 Å². The van der Waals surface area contributed by atoms with Crippen molar-refractivity contribution in [2.45, 2.75) is 6.92 Å². The normalized spacial score (nSPS) is 9.81. The van der Waals surface area contributed by atoms with Crippen LogP contribution in [0.5, 0.6) is 5.75 Å². The smallest absolute Gasteiger partial charge is 0.314 e. The Kier molecular flexibility index (Phi) is 4.56. The van der Waals surface area contributed by atoms with Crippen molar-refractivity contribution in [3.8, 4) is 5.75 Å². The fourth-order valence-electron chi connectivity index (χ4n) is 1.80. The second-order valence-electron chi connectivity index (χ2n) is 4.51. The minimum Gasteiger partial charge on any atom is -0.497 e. The van der Waals surface area contributed by atoms with E-state index in [-0.39, 0.29) is 0 Å². The second kappa shape index (κ2) is 6.56. The summed E-state index contributed by atoms with van der Waals surface area (Å²) in [6, 6.07) is 14.0. The summed E-state index contributed by atoms with van der Waals surface area (Å²) in [6.45, 7) is 1.91. The third kappa shape index (κ3) is 4.07. The van der Waals surface area contributed by atoms with Crippen molar-refractivity contribution >= 4 is 23.2 Å². The molecular weight excluding hydrogens is 268 g/mol. The molecule has 0 aromatic heterocycles. The van der Waals surface area contributed by atoms with Gasteiger partial charge in [-0.05, 0) is 36.8 Å². The van der Waals surface area contributed by atoms with E-state index in [0.29, 0.717) is 17.1 Å². The zero-order chi connectivity index (χ0) is 15.2. The Balaban J connectivity index is 2.01. The van der Waals surface area contributed by atoms with E-state index in [2.05, 4.69) is 10.6 Å². The minimum absolute atomic E-state index is 0.499. The first kappa shape index (κ1) is 14.6. The summed E-state index contributed by atoms with van der Waals surface area (Å²) < 4.78 is 5.05. The molecule has 5 nitrogen and oxygen atoms in total. The number of carbonyl (C=O) groups excluding carboxylic acids is 2. The molecule has 0 aliphatic rings. The monoisotopic (exact) mass is 284 g/mol. The first-order valence-electron chi connectivity index (χ1n) is 6.41. The summed E-state index contributed by atoms with van der Waals surface area (Å²) in [5.41, 5.74) is 2.08. The quantitative estimate of drug-likeness (QED) is 0.851. The number of carbonyl (C=O) groups is 2. The molecule has 0 aliphatic heterocycles. The number of hydrogen-bond acceptors (Lipinski definition) is 3. The van der Waals surface area contributed by atoms with Crippen LogP contribution >= 0.6 is 0 Å². The first-order valence-corrected chi connectivity index (χ1v) is 6.41. The highest BCUT2D eigenvalue weighted by Gasteiger charge is 2.14. The van der Waals surface area contributed by atoms with Crippen LogP contribution in [0.4, 0.5) is 11.4 Å². The maximum Gasteiger partial charge on any atom is 0.314 e. The van der Waals surface area contributed by atoms with Crippen LogP contribution < -0.4 is 15.4 Å². The molecule has 2 amide bonds. The van der Waals surface area contributed by atoms with Gasteiger partial charge in [0.1, 0.15) is 5.75 Å². The molecule has 0 heterocycles. The topological polar surface area (TPSA) is 67.4 Å². The largest absolute Gasteiger partial charge is 0.497 e. The molecule has 0 saturated heterocycles. The number of nitrogens with one attached hydrogen (secondary N) is 2. The predicted molar refractivity (Wildman–Crippen MR) is 81.4 cm³/mol. The molecule has 21 heavy (non-hydrogen) atoms. The van der Waals surface area contributed by atoms with Crippen LogP contribution in [-0.4, -0.2) is 18.9 Å².